The Hall–Kier alpha value is -3.55. The highest BCUT2D eigenvalue weighted by Gasteiger charge is 2.25. The van der Waals surface area contributed by atoms with Crippen LogP contribution in [0, 0.1) is 0 Å². The van der Waals surface area contributed by atoms with Crippen molar-refractivity contribution in [2.45, 2.75) is 51.2 Å². The standard InChI is InChI=1S/C29H29N5OS/c35-29-27-25-14-11-23(30-19-22-9-12-24(13-10-22)34-17-5-15-32-34)18-26(25)36-28(27)31-20-33(29)16-4-8-21-6-2-1-3-7-21/h1-3,5-7,9-10,12-13,15,17,20,23,30H,4,8,11,14,16,18-19H2. The zero-order chi connectivity index (χ0) is 24.3. The number of aromatic nitrogens is 4. The van der Waals surface area contributed by atoms with Crippen molar-refractivity contribution in [3.8, 4) is 5.69 Å². The van der Waals surface area contributed by atoms with E-state index < -0.39 is 0 Å². The molecule has 0 radical (unpaired) electrons. The van der Waals surface area contributed by atoms with Crippen LogP contribution in [0.25, 0.3) is 15.9 Å². The van der Waals surface area contributed by atoms with Crippen LogP contribution >= 0.6 is 11.3 Å². The monoisotopic (exact) mass is 495 g/mol. The molecule has 0 bridgehead atoms. The van der Waals surface area contributed by atoms with Gasteiger partial charge in [-0.05, 0) is 67.0 Å². The van der Waals surface area contributed by atoms with Crippen molar-refractivity contribution in [1.29, 1.82) is 0 Å². The highest BCUT2D eigenvalue weighted by atomic mass is 32.1. The fourth-order valence-electron chi connectivity index (χ4n) is 5.08. The first-order valence-electron chi connectivity index (χ1n) is 12.6. The number of rotatable bonds is 8. The molecule has 3 heterocycles. The normalized spacial score (nSPS) is 15.3. The lowest BCUT2D eigenvalue weighted by Crippen LogP contribution is -2.33. The molecule has 1 unspecified atom stereocenters. The topological polar surface area (TPSA) is 64.7 Å². The van der Waals surface area contributed by atoms with Crippen LogP contribution in [0.3, 0.4) is 0 Å². The summed E-state index contributed by atoms with van der Waals surface area (Å²) in [5.41, 5.74) is 4.98. The molecule has 0 spiro atoms. The molecule has 1 atom stereocenters. The molecular formula is C29H29N5OS. The van der Waals surface area contributed by atoms with Gasteiger partial charge in [-0.15, -0.1) is 11.3 Å². The fourth-order valence-corrected chi connectivity index (χ4v) is 6.34. The molecule has 0 saturated heterocycles. The predicted molar refractivity (Wildman–Crippen MR) is 145 cm³/mol. The number of nitrogens with one attached hydrogen (secondary N) is 1. The Morgan fingerprint density at radius 2 is 1.89 bits per heavy atom. The summed E-state index contributed by atoms with van der Waals surface area (Å²) in [5, 5.41) is 8.87. The van der Waals surface area contributed by atoms with Gasteiger partial charge in [0, 0.05) is 36.4 Å². The van der Waals surface area contributed by atoms with Crippen molar-refractivity contribution in [2.24, 2.45) is 0 Å². The van der Waals surface area contributed by atoms with Crippen LogP contribution in [-0.4, -0.2) is 25.4 Å². The van der Waals surface area contributed by atoms with Crippen LogP contribution in [0.4, 0.5) is 0 Å². The van der Waals surface area contributed by atoms with Crippen molar-refractivity contribution in [3.05, 3.63) is 111 Å². The Morgan fingerprint density at radius 3 is 2.69 bits per heavy atom. The summed E-state index contributed by atoms with van der Waals surface area (Å²) >= 11 is 1.70. The van der Waals surface area contributed by atoms with E-state index in [1.807, 2.05) is 23.0 Å². The van der Waals surface area contributed by atoms with E-state index in [1.54, 1.807) is 28.4 Å². The number of hydrogen-bond acceptors (Lipinski definition) is 5. The molecule has 1 aliphatic rings. The minimum atomic E-state index is 0.120. The third kappa shape index (κ3) is 4.76. The van der Waals surface area contributed by atoms with Gasteiger partial charge in [-0.3, -0.25) is 9.36 Å². The van der Waals surface area contributed by atoms with Gasteiger partial charge in [0.15, 0.2) is 0 Å². The summed E-state index contributed by atoms with van der Waals surface area (Å²) in [7, 11) is 0. The fraction of sp³-hybridized carbons (Fsp3) is 0.276. The lowest BCUT2D eigenvalue weighted by molar-refractivity contribution is 0.462. The molecular weight excluding hydrogens is 466 g/mol. The van der Waals surface area contributed by atoms with Crippen molar-refractivity contribution in [3.63, 3.8) is 0 Å². The largest absolute Gasteiger partial charge is 0.310 e. The van der Waals surface area contributed by atoms with Crippen LogP contribution in [-0.2, 0) is 32.4 Å². The number of benzene rings is 2. The first-order chi connectivity index (χ1) is 17.7. The maximum Gasteiger partial charge on any atom is 0.262 e. The van der Waals surface area contributed by atoms with Crippen LogP contribution in [0.5, 0.6) is 0 Å². The van der Waals surface area contributed by atoms with Crippen LogP contribution in [0.2, 0.25) is 0 Å². The van der Waals surface area contributed by atoms with E-state index in [-0.39, 0.29) is 5.56 Å². The first kappa shape index (κ1) is 22.9. The third-order valence-corrected chi connectivity index (χ3v) is 8.21. The van der Waals surface area contributed by atoms with Gasteiger partial charge in [0.05, 0.1) is 17.4 Å². The average molecular weight is 496 g/mol. The van der Waals surface area contributed by atoms with E-state index in [0.29, 0.717) is 12.6 Å². The molecule has 5 aromatic rings. The summed E-state index contributed by atoms with van der Waals surface area (Å²) in [4.78, 5) is 20.2. The van der Waals surface area contributed by atoms with E-state index in [9.17, 15) is 4.79 Å². The molecule has 1 N–H and O–H groups in total. The summed E-state index contributed by atoms with van der Waals surface area (Å²) in [6.07, 6.45) is 10.3. The lowest BCUT2D eigenvalue weighted by atomic mass is 9.93. The Kier molecular flexibility index (Phi) is 6.49. The number of hydrogen-bond donors (Lipinski definition) is 1. The molecule has 0 saturated carbocycles. The van der Waals surface area contributed by atoms with E-state index in [4.69, 9.17) is 0 Å². The first-order valence-corrected chi connectivity index (χ1v) is 13.4. The minimum Gasteiger partial charge on any atom is -0.310 e. The van der Waals surface area contributed by atoms with E-state index in [2.05, 4.69) is 63.9 Å². The van der Waals surface area contributed by atoms with Crippen LogP contribution < -0.4 is 10.9 Å². The van der Waals surface area contributed by atoms with Crippen molar-refractivity contribution < 1.29 is 0 Å². The smallest absolute Gasteiger partial charge is 0.262 e. The van der Waals surface area contributed by atoms with Gasteiger partial charge >= 0.3 is 0 Å². The SMILES string of the molecule is O=c1c2c3c(sc2ncn1CCCc1ccccc1)CC(NCc1ccc(-n2cccn2)cc1)CC3. The van der Waals surface area contributed by atoms with Crippen molar-refractivity contribution in [2.75, 3.05) is 0 Å². The predicted octanol–water partition coefficient (Wildman–Crippen LogP) is 4.92. The number of fused-ring (bicyclic) bond motifs is 3. The quantitative estimate of drug-likeness (QED) is 0.332. The third-order valence-electron chi connectivity index (χ3n) is 7.04. The van der Waals surface area contributed by atoms with Gasteiger partial charge in [0.1, 0.15) is 4.83 Å². The van der Waals surface area contributed by atoms with Gasteiger partial charge in [-0.2, -0.15) is 5.10 Å². The van der Waals surface area contributed by atoms with E-state index >= 15 is 0 Å². The summed E-state index contributed by atoms with van der Waals surface area (Å²) < 4.78 is 3.67. The Morgan fingerprint density at radius 1 is 1.03 bits per heavy atom. The van der Waals surface area contributed by atoms with Gasteiger partial charge in [0.2, 0.25) is 0 Å². The minimum absolute atomic E-state index is 0.120. The Bertz CT molecular complexity index is 1500. The molecule has 0 fully saturated rings. The second-order valence-electron chi connectivity index (χ2n) is 9.45. The zero-order valence-electron chi connectivity index (χ0n) is 20.1. The van der Waals surface area contributed by atoms with Gasteiger partial charge in [-0.1, -0.05) is 42.5 Å². The van der Waals surface area contributed by atoms with Gasteiger partial charge in [0.25, 0.3) is 5.56 Å². The molecule has 0 aliphatic heterocycles. The van der Waals surface area contributed by atoms with Crippen molar-refractivity contribution >= 4 is 21.6 Å². The summed E-state index contributed by atoms with van der Waals surface area (Å²) in [6, 6.07) is 21.3. The summed E-state index contributed by atoms with van der Waals surface area (Å²) in [6.45, 7) is 1.53. The molecule has 36 heavy (non-hydrogen) atoms. The maximum atomic E-state index is 13.3. The second-order valence-corrected chi connectivity index (χ2v) is 10.5. The highest BCUT2D eigenvalue weighted by molar-refractivity contribution is 7.18. The highest BCUT2D eigenvalue weighted by Crippen LogP contribution is 2.33. The van der Waals surface area contributed by atoms with E-state index in [0.717, 1.165) is 54.6 Å². The van der Waals surface area contributed by atoms with Crippen molar-refractivity contribution in [1.82, 2.24) is 24.6 Å². The van der Waals surface area contributed by atoms with E-state index in [1.165, 1.54) is 21.6 Å². The molecule has 7 heteroatoms. The molecule has 6 rings (SSSR count). The van der Waals surface area contributed by atoms with Crippen LogP contribution in [0.1, 0.15) is 34.4 Å². The van der Waals surface area contributed by atoms with Crippen LogP contribution in [0.15, 0.2) is 84.2 Å². The Balaban J connectivity index is 1.10. The lowest BCUT2D eigenvalue weighted by Gasteiger charge is -2.23. The van der Waals surface area contributed by atoms with Gasteiger partial charge < -0.3 is 5.32 Å². The Labute approximate surface area is 214 Å². The molecule has 182 valence electrons. The zero-order valence-corrected chi connectivity index (χ0v) is 21.0. The molecule has 0 amide bonds. The number of nitrogens with zero attached hydrogens (tertiary/aromatic N) is 4. The number of aryl methyl sites for hydroxylation is 3. The molecule has 1 aliphatic carbocycles. The summed E-state index contributed by atoms with van der Waals surface area (Å²) in [5.74, 6) is 0. The number of thiophene rings is 1. The molecule has 3 aromatic heterocycles. The van der Waals surface area contributed by atoms with Gasteiger partial charge in [-0.25, -0.2) is 9.67 Å². The maximum absolute atomic E-state index is 13.3. The molecule has 2 aromatic carbocycles. The second kappa shape index (κ2) is 10.2. The average Bonchev–Trinajstić information content (AvgIpc) is 3.58. The molecule has 6 nitrogen and oxygen atoms in total.